The maximum Gasteiger partial charge on any atom is 0.240 e. The largest absolute Gasteiger partial charge is 0.496 e. The van der Waals surface area contributed by atoms with Crippen LogP contribution >= 0.6 is 0 Å². The zero-order valence-corrected chi connectivity index (χ0v) is 15.0. The third-order valence-corrected chi connectivity index (χ3v) is 5.62. The van der Waals surface area contributed by atoms with E-state index in [0.717, 1.165) is 23.3 Å². The van der Waals surface area contributed by atoms with Crippen LogP contribution in [0.15, 0.2) is 47.4 Å². The van der Waals surface area contributed by atoms with Gasteiger partial charge in [0.25, 0.3) is 0 Å². The van der Waals surface area contributed by atoms with Gasteiger partial charge in [-0.1, -0.05) is 18.2 Å². The van der Waals surface area contributed by atoms with E-state index >= 15 is 0 Å². The number of benzene rings is 2. The van der Waals surface area contributed by atoms with Crippen molar-refractivity contribution in [2.45, 2.75) is 17.4 Å². The Hall–Kier alpha value is -2.09. The number of hydrogen-bond acceptors (Lipinski definition) is 5. The summed E-state index contributed by atoms with van der Waals surface area (Å²) in [4.78, 5) is 0.228. The lowest BCUT2D eigenvalue weighted by atomic mass is 10.1. The third-order valence-electron chi connectivity index (χ3n) is 4.20. The molecule has 1 aliphatic heterocycles. The Balaban J connectivity index is 1.76. The van der Waals surface area contributed by atoms with Crippen molar-refractivity contribution in [2.24, 2.45) is 0 Å². The van der Waals surface area contributed by atoms with Crippen LogP contribution in [0, 0.1) is 0 Å². The lowest BCUT2D eigenvalue weighted by Crippen LogP contribution is -2.29. The molecule has 1 atom stereocenters. The molecule has 2 aromatic rings. The summed E-state index contributed by atoms with van der Waals surface area (Å²) in [6, 6.07) is 12.3. The van der Waals surface area contributed by atoms with E-state index in [-0.39, 0.29) is 11.4 Å². The number of nitrogens with one attached hydrogen (secondary N) is 1. The summed E-state index contributed by atoms with van der Waals surface area (Å²) in [6.45, 7) is 0.693. The maximum atomic E-state index is 12.6. The molecule has 0 fully saturated rings. The second-order valence-electron chi connectivity index (χ2n) is 5.69. The highest BCUT2D eigenvalue weighted by Gasteiger charge is 2.22. The highest BCUT2D eigenvalue weighted by molar-refractivity contribution is 7.89. The Morgan fingerprint density at radius 1 is 1.20 bits per heavy atom. The van der Waals surface area contributed by atoms with Crippen molar-refractivity contribution in [3.63, 3.8) is 0 Å². The summed E-state index contributed by atoms with van der Waals surface area (Å²) >= 11 is 0. The zero-order chi connectivity index (χ0) is 17.9. The molecule has 25 heavy (non-hydrogen) atoms. The van der Waals surface area contributed by atoms with Gasteiger partial charge in [-0.05, 0) is 29.8 Å². The molecule has 7 heteroatoms. The van der Waals surface area contributed by atoms with E-state index < -0.39 is 16.1 Å². The summed E-state index contributed by atoms with van der Waals surface area (Å²) in [6.07, 6.45) is 0.268. The fourth-order valence-electron chi connectivity index (χ4n) is 2.85. The van der Waals surface area contributed by atoms with Crippen molar-refractivity contribution in [3.8, 4) is 11.5 Å². The number of rotatable bonds is 7. The summed E-state index contributed by atoms with van der Waals surface area (Å²) in [5, 5.41) is 0. The van der Waals surface area contributed by atoms with E-state index in [0.29, 0.717) is 12.4 Å². The molecule has 0 aliphatic carbocycles. The van der Waals surface area contributed by atoms with Crippen LogP contribution in [0.2, 0.25) is 0 Å². The van der Waals surface area contributed by atoms with Crippen LogP contribution in [0.5, 0.6) is 11.5 Å². The smallest absolute Gasteiger partial charge is 0.240 e. The molecule has 0 bridgehead atoms. The Morgan fingerprint density at radius 2 is 2.00 bits per heavy atom. The van der Waals surface area contributed by atoms with Crippen LogP contribution in [0.25, 0.3) is 0 Å². The number of para-hydroxylation sites is 1. The highest BCUT2D eigenvalue weighted by Crippen LogP contribution is 2.29. The topological polar surface area (TPSA) is 73.9 Å². The zero-order valence-electron chi connectivity index (χ0n) is 14.2. The number of hydrogen-bond donors (Lipinski definition) is 1. The van der Waals surface area contributed by atoms with Gasteiger partial charge in [0.1, 0.15) is 11.5 Å². The molecule has 0 amide bonds. The normalized spacial score (nSPS) is 14.6. The standard InChI is InChI=1S/C18H21NO5S/c1-22-17-6-4-3-5-15(17)18(23-2)12-19-25(20,21)14-7-8-16-13(11-14)9-10-24-16/h3-8,11,18-19H,9-10,12H2,1-2H3. The van der Waals surface area contributed by atoms with Gasteiger partial charge in [0.2, 0.25) is 10.0 Å². The summed E-state index contributed by atoms with van der Waals surface area (Å²) in [5.74, 6) is 1.41. The minimum absolute atomic E-state index is 0.104. The van der Waals surface area contributed by atoms with Crippen LogP contribution in [0.1, 0.15) is 17.2 Å². The average Bonchev–Trinajstić information content (AvgIpc) is 3.10. The quantitative estimate of drug-likeness (QED) is 0.817. The van der Waals surface area contributed by atoms with Crippen LogP contribution in [0.3, 0.4) is 0 Å². The molecular formula is C18H21NO5S. The van der Waals surface area contributed by atoms with Gasteiger partial charge in [0.05, 0.1) is 24.7 Å². The molecule has 1 aliphatic rings. The molecule has 0 spiro atoms. The monoisotopic (exact) mass is 363 g/mol. The summed E-state index contributed by atoms with van der Waals surface area (Å²) < 4.78 is 44.0. The van der Waals surface area contributed by atoms with E-state index in [4.69, 9.17) is 14.2 Å². The fraction of sp³-hybridized carbons (Fsp3) is 0.333. The van der Waals surface area contributed by atoms with Gasteiger partial charge in [-0.15, -0.1) is 0 Å². The van der Waals surface area contributed by atoms with Crippen molar-refractivity contribution in [2.75, 3.05) is 27.4 Å². The molecule has 2 aromatic carbocycles. The van der Waals surface area contributed by atoms with Crippen molar-refractivity contribution < 1.29 is 22.6 Å². The summed E-state index contributed by atoms with van der Waals surface area (Å²) in [7, 11) is -0.529. The van der Waals surface area contributed by atoms with Gasteiger partial charge in [-0.3, -0.25) is 0 Å². The van der Waals surface area contributed by atoms with Gasteiger partial charge in [0, 0.05) is 25.6 Å². The number of sulfonamides is 1. The molecule has 134 valence electrons. The second-order valence-corrected chi connectivity index (χ2v) is 7.45. The van der Waals surface area contributed by atoms with Crippen LogP contribution in [-0.4, -0.2) is 35.8 Å². The third kappa shape index (κ3) is 3.78. The van der Waals surface area contributed by atoms with E-state index in [1.54, 1.807) is 25.3 Å². The number of ether oxygens (including phenoxy) is 3. The van der Waals surface area contributed by atoms with Crippen LogP contribution < -0.4 is 14.2 Å². The lowest BCUT2D eigenvalue weighted by Gasteiger charge is -2.19. The molecule has 1 N–H and O–H groups in total. The van der Waals surface area contributed by atoms with E-state index in [9.17, 15) is 8.42 Å². The number of fused-ring (bicyclic) bond motifs is 1. The Bertz CT molecular complexity index is 850. The van der Waals surface area contributed by atoms with Crippen molar-refractivity contribution >= 4 is 10.0 Å². The molecule has 3 rings (SSSR count). The predicted molar refractivity (Wildman–Crippen MR) is 93.6 cm³/mol. The Morgan fingerprint density at radius 3 is 2.76 bits per heavy atom. The average molecular weight is 363 g/mol. The van der Waals surface area contributed by atoms with E-state index in [1.807, 2.05) is 24.3 Å². The molecule has 0 saturated carbocycles. The van der Waals surface area contributed by atoms with Gasteiger partial charge in [-0.25, -0.2) is 13.1 Å². The molecule has 6 nitrogen and oxygen atoms in total. The predicted octanol–water partition coefficient (Wildman–Crippen LogP) is 2.30. The lowest BCUT2D eigenvalue weighted by molar-refractivity contribution is 0.105. The van der Waals surface area contributed by atoms with Gasteiger partial charge in [-0.2, -0.15) is 0 Å². The maximum absolute atomic E-state index is 12.6. The Kier molecular flexibility index (Phi) is 5.27. The van der Waals surface area contributed by atoms with Crippen LogP contribution in [0.4, 0.5) is 0 Å². The van der Waals surface area contributed by atoms with E-state index in [1.165, 1.54) is 7.11 Å². The van der Waals surface area contributed by atoms with Crippen molar-refractivity contribution in [1.29, 1.82) is 0 Å². The van der Waals surface area contributed by atoms with Gasteiger partial charge >= 0.3 is 0 Å². The van der Waals surface area contributed by atoms with Crippen molar-refractivity contribution in [3.05, 3.63) is 53.6 Å². The van der Waals surface area contributed by atoms with E-state index in [2.05, 4.69) is 4.72 Å². The molecule has 0 radical (unpaired) electrons. The molecule has 0 saturated heterocycles. The minimum Gasteiger partial charge on any atom is -0.496 e. The first-order valence-corrected chi connectivity index (χ1v) is 9.44. The molecule has 0 aromatic heterocycles. The fourth-order valence-corrected chi connectivity index (χ4v) is 3.93. The first-order chi connectivity index (χ1) is 12.0. The number of methoxy groups -OCH3 is 2. The SMILES string of the molecule is COc1ccccc1C(CNS(=O)(=O)c1ccc2c(c1)CCO2)OC. The Labute approximate surface area is 147 Å². The van der Waals surface area contributed by atoms with Crippen molar-refractivity contribution in [1.82, 2.24) is 4.72 Å². The molecule has 1 unspecified atom stereocenters. The van der Waals surface area contributed by atoms with Gasteiger partial charge in [0.15, 0.2) is 0 Å². The van der Waals surface area contributed by atoms with Gasteiger partial charge < -0.3 is 14.2 Å². The summed E-state index contributed by atoms with van der Waals surface area (Å²) in [5.41, 5.74) is 1.70. The molecular weight excluding hydrogens is 342 g/mol. The van der Waals surface area contributed by atoms with Crippen LogP contribution in [-0.2, 0) is 21.2 Å². The molecule has 1 heterocycles. The highest BCUT2D eigenvalue weighted by atomic mass is 32.2. The second kappa shape index (κ2) is 7.43. The minimum atomic E-state index is -3.64. The first-order valence-electron chi connectivity index (χ1n) is 7.96. The first kappa shape index (κ1) is 17.7.